The molecule has 3 aromatic rings. The van der Waals surface area contributed by atoms with Crippen molar-refractivity contribution in [2.45, 2.75) is 44.6 Å². The third-order valence-electron chi connectivity index (χ3n) is 6.79. The van der Waals surface area contributed by atoms with Crippen molar-refractivity contribution in [3.63, 3.8) is 0 Å². The highest BCUT2D eigenvalue weighted by molar-refractivity contribution is 6.30. The van der Waals surface area contributed by atoms with Crippen LogP contribution < -0.4 is 4.90 Å². The lowest BCUT2D eigenvalue weighted by molar-refractivity contribution is 0.313. The van der Waals surface area contributed by atoms with Gasteiger partial charge in [-0.3, -0.25) is 0 Å². The Labute approximate surface area is 189 Å². The Morgan fingerprint density at radius 2 is 1.97 bits per heavy atom. The molecule has 0 bridgehead atoms. The van der Waals surface area contributed by atoms with Gasteiger partial charge < -0.3 is 9.80 Å². The molecule has 5 heteroatoms. The summed E-state index contributed by atoms with van der Waals surface area (Å²) in [5, 5.41) is 0.810. The van der Waals surface area contributed by atoms with Crippen molar-refractivity contribution in [2.24, 2.45) is 0 Å². The number of hydrogen-bond donors (Lipinski definition) is 0. The summed E-state index contributed by atoms with van der Waals surface area (Å²) in [4.78, 5) is 14.1. The molecule has 0 amide bonds. The Morgan fingerprint density at radius 3 is 2.81 bits per heavy atom. The summed E-state index contributed by atoms with van der Waals surface area (Å²) in [6.07, 6.45) is 5.05. The van der Waals surface area contributed by atoms with E-state index in [4.69, 9.17) is 16.6 Å². The van der Waals surface area contributed by atoms with Crippen LogP contribution in [-0.4, -0.2) is 35.0 Å². The number of aromatic nitrogens is 2. The number of aryl methyl sites for hydroxylation is 1. The summed E-state index contributed by atoms with van der Waals surface area (Å²) >= 11 is 6.41. The summed E-state index contributed by atoms with van der Waals surface area (Å²) in [6, 6.07) is 17.0. The third-order valence-corrected chi connectivity index (χ3v) is 7.02. The van der Waals surface area contributed by atoms with Crippen LogP contribution in [0.15, 0.2) is 54.9 Å². The van der Waals surface area contributed by atoms with E-state index < -0.39 is 0 Å². The largest absolute Gasteiger partial charge is 0.325 e. The standard InChI is InChI=1S/C26H29ClN4/c1-18-8-10-23-25(18)26(29-17-28-23)31-16-20(22-14-21(27)9-11-24(22)31)12-13-30(2)15-19-6-4-3-5-7-19/h3-7,9,11,14,17-18,20H,8,10,12-13,15-16H2,1-2H3/t18?,20-/m0/s1. The van der Waals surface area contributed by atoms with Gasteiger partial charge in [-0.1, -0.05) is 48.9 Å². The second kappa shape index (κ2) is 8.60. The molecule has 1 aliphatic carbocycles. The first-order valence-corrected chi connectivity index (χ1v) is 11.6. The minimum Gasteiger partial charge on any atom is -0.325 e. The third kappa shape index (κ3) is 4.07. The fraction of sp³-hybridized carbons (Fsp3) is 0.385. The lowest BCUT2D eigenvalue weighted by Crippen LogP contribution is -2.23. The van der Waals surface area contributed by atoms with Gasteiger partial charge in [0.05, 0.1) is 0 Å². The molecule has 2 heterocycles. The van der Waals surface area contributed by atoms with Crippen LogP contribution in [0.25, 0.3) is 0 Å². The molecule has 1 unspecified atom stereocenters. The van der Waals surface area contributed by atoms with Crippen LogP contribution in [0, 0.1) is 0 Å². The molecule has 4 nitrogen and oxygen atoms in total. The van der Waals surface area contributed by atoms with E-state index in [-0.39, 0.29) is 0 Å². The molecule has 2 aliphatic rings. The fourth-order valence-corrected chi connectivity index (χ4v) is 5.33. The van der Waals surface area contributed by atoms with Crippen LogP contribution in [0.2, 0.25) is 5.02 Å². The zero-order chi connectivity index (χ0) is 21.4. The van der Waals surface area contributed by atoms with Gasteiger partial charge in [0.2, 0.25) is 0 Å². The smallest absolute Gasteiger partial charge is 0.140 e. The summed E-state index contributed by atoms with van der Waals surface area (Å²) < 4.78 is 0. The van der Waals surface area contributed by atoms with Crippen molar-refractivity contribution in [1.29, 1.82) is 0 Å². The Morgan fingerprint density at radius 1 is 1.13 bits per heavy atom. The lowest BCUT2D eigenvalue weighted by Gasteiger charge is -2.23. The second-order valence-electron chi connectivity index (χ2n) is 9.02. The topological polar surface area (TPSA) is 32.3 Å². The number of rotatable bonds is 6. The van der Waals surface area contributed by atoms with Crippen molar-refractivity contribution >= 4 is 23.1 Å². The monoisotopic (exact) mass is 432 g/mol. The second-order valence-corrected chi connectivity index (χ2v) is 9.46. The van der Waals surface area contributed by atoms with Gasteiger partial charge in [-0.25, -0.2) is 9.97 Å². The van der Waals surface area contributed by atoms with Gasteiger partial charge in [-0.15, -0.1) is 0 Å². The molecule has 0 spiro atoms. The number of nitrogens with zero attached hydrogens (tertiary/aromatic N) is 4. The van der Waals surface area contributed by atoms with E-state index in [1.807, 2.05) is 6.07 Å². The van der Waals surface area contributed by atoms with Crippen LogP contribution in [0.5, 0.6) is 0 Å². The number of hydrogen-bond acceptors (Lipinski definition) is 4. The van der Waals surface area contributed by atoms with Crippen LogP contribution in [0.3, 0.4) is 0 Å². The maximum Gasteiger partial charge on any atom is 0.140 e. The predicted octanol–water partition coefficient (Wildman–Crippen LogP) is 5.94. The van der Waals surface area contributed by atoms with Crippen molar-refractivity contribution in [1.82, 2.24) is 14.9 Å². The summed E-state index contributed by atoms with van der Waals surface area (Å²) in [5.74, 6) is 2.05. The highest BCUT2D eigenvalue weighted by Gasteiger charge is 2.34. The zero-order valence-corrected chi connectivity index (χ0v) is 19.0. The maximum atomic E-state index is 6.41. The fourth-order valence-electron chi connectivity index (χ4n) is 5.15. The van der Waals surface area contributed by atoms with E-state index in [1.165, 1.54) is 28.1 Å². The molecule has 0 saturated carbocycles. The van der Waals surface area contributed by atoms with Crippen LogP contribution >= 0.6 is 11.6 Å². The van der Waals surface area contributed by atoms with Gasteiger partial charge in [0, 0.05) is 41.0 Å². The molecule has 0 fully saturated rings. The highest BCUT2D eigenvalue weighted by atomic mass is 35.5. The van der Waals surface area contributed by atoms with E-state index in [2.05, 4.69) is 71.2 Å². The number of anilines is 2. The predicted molar refractivity (Wildman–Crippen MR) is 127 cm³/mol. The number of benzene rings is 2. The van der Waals surface area contributed by atoms with Crippen LogP contribution in [0.1, 0.15) is 54.0 Å². The molecule has 160 valence electrons. The normalized spacial score (nSPS) is 19.7. The Bertz CT molecular complexity index is 1070. The minimum atomic E-state index is 0.439. The lowest BCUT2D eigenvalue weighted by atomic mass is 9.97. The molecule has 0 radical (unpaired) electrons. The molecule has 2 aromatic carbocycles. The molecule has 31 heavy (non-hydrogen) atoms. The zero-order valence-electron chi connectivity index (χ0n) is 18.3. The molecule has 2 atom stereocenters. The molecule has 1 aromatic heterocycles. The van der Waals surface area contributed by atoms with Gasteiger partial charge in [0.25, 0.3) is 0 Å². The van der Waals surface area contributed by atoms with Crippen LogP contribution in [0.4, 0.5) is 11.5 Å². The summed E-state index contributed by atoms with van der Waals surface area (Å²) in [6.45, 7) is 5.26. The first-order valence-electron chi connectivity index (χ1n) is 11.2. The SMILES string of the molecule is CC1CCc2ncnc(N3C[C@H](CCN(C)Cc4ccccc4)c4cc(Cl)ccc43)c21. The van der Waals surface area contributed by atoms with E-state index in [9.17, 15) is 0 Å². The first kappa shape index (κ1) is 20.5. The Balaban J connectivity index is 1.38. The molecular formula is C26H29ClN4. The average Bonchev–Trinajstić information content (AvgIpc) is 3.33. The first-order chi connectivity index (χ1) is 15.1. The van der Waals surface area contributed by atoms with Gasteiger partial charge in [-0.2, -0.15) is 0 Å². The van der Waals surface area contributed by atoms with E-state index in [0.717, 1.165) is 49.7 Å². The van der Waals surface area contributed by atoms with Gasteiger partial charge in [0.1, 0.15) is 12.1 Å². The number of halogens is 1. The minimum absolute atomic E-state index is 0.439. The Kier molecular flexibility index (Phi) is 5.68. The summed E-state index contributed by atoms with van der Waals surface area (Å²) in [7, 11) is 2.21. The van der Waals surface area contributed by atoms with Crippen LogP contribution in [-0.2, 0) is 13.0 Å². The molecular weight excluding hydrogens is 404 g/mol. The van der Waals surface area contributed by atoms with Gasteiger partial charge in [-0.05, 0) is 68.1 Å². The molecule has 1 aliphatic heterocycles. The van der Waals surface area contributed by atoms with Crippen molar-refractivity contribution in [3.05, 3.63) is 82.3 Å². The van der Waals surface area contributed by atoms with Gasteiger partial charge >= 0.3 is 0 Å². The van der Waals surface area contributed by atoms with Gasteiger partial charge in [0.15, 0.2) is 0 Å². The van der Waals surface area contributed by atoms with E-state index in [0.29, 0.717) is 11.8 Å². The highest BCUT2D eigenvalue weighted by Crippen LogP contribution is 2.46. The summed E-state index contributed by atoms with van der Waals surface area (Å²) in [5.41, 5.74) is 6.51. The molecule has 0 saturated heterocycles. The number of fused-ring (bicyclic) bond motifs is 2. The van der Waals surface area contributed by atoms with E-state index >= 15 is 0 Å². The maximum absolute atomic E-state index is 6.41. The molecule has 0 N–H and O–H groups in total. The Hall–Kier alpha value is -2.43. The van der Waals surface area contributed by atoms with Crippen molar-refractivity contribution in [2.75, 3.05) is 25.0 Å². The van der Waals surface area contributed by atoms with Crippen molar-refractivity contribution < 1.29 is 0 Å². The van der Waals surface area contributed by atoms with E-state index in [1.54, 1.807) is 6.33 Å². The average molecular weight is 433 g/mol. The quantitative estimate of drug-likeness (QED) is 0.482. The molecule has 5 rings (SSSR count). The van der Waals surface area contributed by atoms with Crippen molar-refractivity contribution in [3.8, 4) is 0 Å².